The predicted molar refractivity (Wildman–Crippen MR) is 85.8 cm³/mol. The molecule has 0 aliphatic rings. The Morgan fingerprint density at radius 3 is 2.70 bits per heavy atom. The molecule has 2 aromatic heterocycles. The van der Waals surface area contributed by atoms with E-state index in [1.54, 1.807) is 6.07 Å². The zero-order valence-corrected chi connectivity index (χ0v) is 12.9. The van der Waals surface area contributed by atoms with Crippen molar-refractivity contribution in [3.05, 3.63) is 42.0 Å². The van der Waals surface area contributed by atoms with Gasteiger partial charge in [-0.2, -0.15) is 0 Å². The normalized spacial score (nSPS) is 10.9. The fourth-order valence-electron chi connectivity index (χ4n) is 1.93. The van der Waals surface area contributed by atoms with E-state index >= 15 is 0 Å². The van der Waals surface area contributed by atoms with Gasteiger partial charge in [0.2, 0.25) is 5.91 Å². The van der Waals surface area contributed by atoms with Crippen LogP contribution >= 0.6 is 0 Å². The van der Waals surface area contributed by atoms with Crippen LogP contribution in [0.5, 0.6) is 0 Å². The Morgan fingerprint density at radius 2 is 1.96 bits per heavy atom. The number of amides is 1. The van der Waals surface area contributed by atoms with Crippen LogP contribution in [0.3, 0.4) is 0 Å². The van der Waals surface area contributed by atoms with Crippen LogP contribution in [0, 0.1) is 5.92 Å². The molecule has 8 nitrogen and oxygen atoms in total. The molecular formula is C15H17N7O. The predicted octanol–water partition coefficient (Wildman–Crippen LogP) is 1.73. The lowest BCUT2D eigenvalue weighted by Gasteiger charge is -2.09. The molecular weight excluding hydrogens is 294 g/mol. The van der Waals surface area contributed by atoms with Gasteiger partial charge in [0.05, 0.1) is 0 Å². The number of hydrogen-bond donors (Lipinski definition) is 2. The van der Waals surface area contributed by atoms with Gasteiger partial charge in [0.15, 0.2) is 5.65 Å². The smallest absolute Gasteiger partial charge is 0.226 e. The SMILES string of the molecule is CC(C)C(=O)Nc1ccc(CNc2ccc3nnnn3n2)cc1. The van der Waals surface area contributed by atoms with Crippen LogP contribution in [0.1, 0.15) is 19.4 Å². The number of carbonyl (C=O) groups excluding carboxylic acids is 1. The van der Waals surface area contributed by atoms with Crippen LogP contribution in [0.2, 0.25) is 0 Å². The number of carbonyl (C=O) groups is 1. The maximum absolute atomic E-state index is 11.6. The van der Waals surface area contributed by atoms with E-state index in [9.17, 15) is 4.79 Å². The number of hydrogen-bond acceptors (Lipinski definition) is 6. The van der Waals surface area contributed by atoms with Gasteiger partial charge >= 0.3 is 0 Å². The molecule has 0 saturated carbocycles. The highest BCUT2D eigenvalue weighted by atomic mass is 16.1. The Balaban J connectivity index is 1.60. The van der Waals surface area contributed by atoms with Crippen molar-refractivity contribution >= 4 is 23.1 Å². The number of rotatable bonds is 5. The minimum Gasteiger partial charge on any atom is -0.365 e. The van der Waals surface area contributed by atoms with Crippen molar-refractivity contribution in [3.63, 3.8) is 0 Å². The van der Waals surface area contributed by atoms with E-state index < -0.39 is 0 Å². The molecule has 1 aromatic carbocycles. The molecule has 118 valence electrons. The molecule has 0 atom stereocenters. The summed E-state index contributed by atoms with van der Waals surface area (Å²) in [5, 5.41) is 21.4. The highest BCUT2D eigenvalue weighted by Crippen LogP contribution is 2.12. The maximum Gasteiger partial charge on any atom is 0.226 e. The maximum atomic E-state index is 11.6. The van der Waals surface area contributed by atoms with Gasteiger partial charge in [-0.25, -0.2) is 0 Å². The van der Waals surface area contributed by atoms with Gasteiger partial charge in [-0.1, -0.05) is 26.0 Å². The van der Waals surface area contributed by atoms with E-state index in [1.807, 2.05) is 44.2 Å². The number of tetrazole rings is 1. The average Bonchev–Trinajstić information content (AvgIpc) is 3.01. The van der Waals surface area contributed by atoms with Gasteiger partial charge in [0.25, 0.3) is 0 Å². The zero-order valence-electron chi connectivity index (χ0n) is 12.9. The molecule has 2 heterocycles. The average molecular weight is 311 g/mol. The zero-order chi connectivity index (χ0) is 16.2. The van der Waals surface area contributed by atoms with Crippen molar-refractivity contribution in [1.82, 2.24) is 25.3 Å². The molecule has 0 aliphatic carbocycles. The molecule has 0 saturated heterocycles. The summed E-state index contributed by atoms with van der Waals surface area (Å²) in [7, 11) is 0. The summed E-state index contributed by atoms with van der Waals surface area (Å²) in [5.41, 5.74) is 2.47. The van der Waals surface area contributed by atoms with Crippen molar-refractivity contribution in [2.45, 2.75) is 20.4 Å². The van der Waals surface area contributed by atoms with Crippen molar-refractivity contribution in [2.24, 2.45) is 5.92 Å². The van der Waals surface area contributed by atoms with Gasteiger partial charge in [-0.05, 0) is 40.3 Å². The van der Waals surface area contributed by atoms with Crippen LogP contribution in [-0.4, -0.2) is 31.2 Å². The molecule has 0 spiro atoms. The first kappa shape index (κ1) is 14.9. The van der Waals surface area contributed by atoms with E-state index in [4.69, 9.17) is 0 Å². The Morgan fingerprint density at radius 1 is 1.17 bits per heavy atom. The highest BCUT2D eigenvalue weighted by Gasteiger charge is 2.06. The monoisotopic (exact) mass is 311 g/mol. The van der Waals surface area contributed by atoms with E-state index in [-0.39, 0.29) is 11.8 Å². The fourth-order valence-corrected chi connectivity index (χ4v) is 1.93. The minimum atomic E-state index is -0.0383. The molecule has 8 heteroatoms. The number of nitrogens with one attached hydrogen (secondary N) is 2. The van der Waals surface area contributed by atoms with E-state index in [2.05, 4.69) is 31.3 Å². The Bertz CT molecular complexity index is 810. The number of aromatic nitrogens is 5. The number of nitrogens with zero attached hydrogens (tertiary/aromatic N) is 5. The first-order valence-corrected chi connectivity index (χ1v) is 7.31. The molecule has 0 aliphatic heterocycles. The second-order valence-electron chi connectivity index (χ2n) is 5.44. The fraction of sp³-hybridized carbons (Fsp3) is 0.267. The third kappa shape index (κ3) is 3.60. The highest BCUT2D eigenvalue weighted by molar-refractivity contribution is 5.92. The van der Waals surface area contributed by atoms with Crippen molar-refractivity contribution < 1.29 is 4.79 Å². The molecule has 0 unspecified atom stereocenters. The van der Waals surface area contributed by atoms with Crippen LogP contribution in [0.15, 0.2) is 36.4 Å². The van der Waals surface area contributed by atoms with E-state index in [0.29, 0.717) is 18.0 Å². The second kappa shape index (κ2) is 6.39. The number of anilines is 2. The summed E-state index contributed by atoms with van der Waals surface area (Å²) in [6.45, 7) is 4.34. The standard InChI is InChI=1S/C15H17N7O/c1-10(2)15(23)17-12-5-3-11(4-6-12)9-16-13-7-8-14-18-20-21-22(14)19-13/h3-8,10H,9H2,1-2H3,(H,16,19)(H,17,23). The van der Waals surface area contributed by atoms with Gasteiger partial charge < -0.3 is 10.6 Å². The molecule has 23 heavy (non-hydrogen) atoms. The molecule has 3 aromatic rings. The third-order valence-corrected chi connectivity index (χ3v) is 3.29. The van der Waals surface area contributed by atoms with Gasteiger partial charge in [-0.3, -0.25) is 4.79 Å². The topological polar surface area (TPSA) is 97.1 Å². The summed E-state index contributed by atoms with van der Waals surface area (Å²) >= 11 is 0. The van der Waals surface area contributed by atoms with E-state index in [0.717, 1.165) is 11.3 Å². The van der Waals surface area contributed by atoms with Crippen molar-refractivity contribution in [2.75, 3.05) is 10.6 Å². The largest absolute Gasteiger partial charge is 0.365 e. The molecule has 0 bridgehead atoms. The molecule has 2 N–H and O–H groups in total. The molecule has 3 rings (SSSR count). The first-order chi connectivity index (χ1) is 11.1. The van der Waals surface area contributed by atoms with Gasteiger partial charge in [0.1, 0.15) is 5.82 Å². The summed E-state index contributed by atoms with van der Waals surface area (Å²) < 4.78 is 1.37. The lowest BCUT2D eigenvalue weighted by atomic mass is 10.1. The Labute approximate surface area is 132 Å². The quantitative estimate of drug-likeness (QED) is 0.744. The summed E-state index contributed by atoms with van der Waals surface area (Å²) in [4.78, 5) is 11.6. The van der Waals surface area contributed by atoms with Crippen molar-refractivity contribution in [3.8, 4) is 0 Å². The van der Waals surface area contributed by atoms with Crippen LogP contribution in [-0.2, 0) is 11.3 Å². The minimum absolute atomic E-state index is 0.00909. The van der Waals surface area contributed by atoms with Crippen molar-refractivity contribution in [1.29, 1.82) is 0 Å². The van der Waals surface area contributed by atoms with Crippen LogP contribution in [0.25, 0.3) is 5.65 Å². The van der Waals surface area contributed by atoms with Gasteiger partial charge in [0, 0.05) is 18.2 Å². The Hall–Kier alpha value is -3.03. The molecule has 0 fully saturated rings. The lowest BCUT2D eigenvalue weighted by Crippen LogP contribution is -2.17. The molecule has 1 amide bonds. The summed E-state index contributed by atoms with van der Waals surface area (Å²) in [6, 6.07) is 11.3. The summed E-state index contributed by atoms with van der Waals surface area (Å²) in [5.74, 6) is 0.653. The lowest BCUT2D eigenvalue weighted by molar-refractivity contribution is -0.118. The number of benzene rings is 1. The molecule has 0 radical (unpaired) electrons. The third-order valence-electron chi connectivity index (χ3n) is 3.29. The van der Waals surface area contributed by atoms with Crippen LogP contribution < -0.4 is 10.6 Å². The van der Waals surface area contributed by atoms with Crippen LogP contribution in [0.4, 0.5) is 11.5 Å². The first-order valence-electron chi connectivity index (χ1n) is 7.31. The Kier molecular flexibility index (Phi) is 4.13. The van der Waals surface area contributed by atoms with E-state index in [1.165, 1.54) is 4.63 Å². The van der Waals surface area contributed by atoms with Gasteiger partial charge in [-0.15, -0.1) is 14.8 Å². The number of fused-ring (bicyclic) bond motifs is 1. The second-order valence-corrected chi connectivity index (χ2v) is 5.44. The summed E-state index contributed by atoms with van der Waals surface area (Å²) in [6.07, 6.45) is 0.